The van der Waals surface area contributed by atoms with Crippen LogP contribution in [0, 0.1) is 5.82 Å². The Labute approximate surface area is 75.1 Å². The maximum absolute atomic E-state index is 12.8. The van der Waals surface area contributed by atoms with Crippen LogP contribution in [-0.4, -0.2) is 13.2 Å². The highest BCUT2D eigenvalue weighted by Gasteiger charge is 2.00. The fourth-order valence-electron chi connectivity index (χ4n) is 0.743. The number of rotatable bonds is 3. The normalized spacial score (nSPS) is 9.92. The van der Waals surface area contributed by atoms with Gasteiger partial charge in [-0.3, -0.25) is 0 Å². The number of halogens is 2. The summed E-state index contributed by atoms with van der Waals surface area (Å²) in [5.41, 5.74) is 5.20. The Morgan fingerprint density at radius 1 is 1.50 bits per heavy atom. The van der Waals surface area contributed by atoms with E-state index >= 15 is 0 Å². The number of nitrogens with two attached hydrogens (primary N) is 1. The lowest BCUT2D eigenvalue weighted by atomic mass is 10.3. The smallest absolute Gasteiger partial charge is 0.145 e. The van der Waals surface area contributed by atoms with Gasteiger partial charge in [0.1, 0.15) is 18.2 Å². The van der Waals surface area contributed by atoms with Crippen LogP contribution in [-0.2, 0) is 0 Å². The van der Waals surface area contributed by atoms with Crippen molar-refractivity contribution in [1.29, 1.82) is 0 Å². The average Bonchev–Trinajstić information content (AvgIpc) is 2.07. The molecule has 0 aliphatic rings. The summed E-state index contributed by atoms with van der Waals surface area (Å²) in [6, 6.07) is 4.28. The molecular formula is C8H9ClFNO. The van der Waals surface area contributed by atoms with Crippen LogP contribution in [0.4, 0.5) is 4.39 Å². The summed E-state index contributed by atoms with van der Waals surface area (Å²) in [5, 5.41) is 0.0927. The van der Waals surface area contributed by atoms with E-state index in [0.717, 1.165) is 0 Å². The molecule has 0 fully saturated rings. The molecular weight excluding hydrogens is 181 g/mol. The molecule has 0 saturated carbocycles. The summed E-state index contributed by atoms with van der Waals surface area (Å²) < 4.78 is 17.8. The SMILES string of the molecule is NCCOc1ccc(Cl)c(F)c1. The molecule has 1 aromatic carbocycles. The van der Waals surface area contributed by atoms with Crippen molar-refractivity contribution in [2.75, 3.05) is 13.2 Å². The number of hydrogen-bond acceptors (Lipinski definition) is 2. The Hall–Kier alpha value is -0.800. The standard InChI is InChI=1S/C8H9ClFNO/c9-7-2-1-6(5-8(7)10)12-4-3-11/h1-2,5H,3-4,11H2. The van der Waals surface area contributed by atoms with Crippen LogP contribution in [0.1, 0.15) is 0 Å². The van der Waals surface area contributed by atoms with E-state index in [1.807, 2.05) is 0 Å². The van der Waals surface area contributed by atoms with Gasteiger partial charge in [0.15, 0.2) is 0 Å². The molecule has 0 unspecified atom stereocenters. The van der Waals surface area contributed by atoms with E-state index in [1.165, 1.54) is 12.1 Å². The van der Waals surface area contributed by atoms with E-state index in [0.29, 0.717) is 18.9 Å². The van der Waals surface area contributed by atoms with Gasteiger partial charge in [-0.2, -0.15) is 0 Å². The Morgan fingerprint density at radius 2 is 2.25 bits per heavy atom. The molecule has 0 atom stereocenters. The van der Waals surface area contributed by atoms with Gasteiger partial charge in [0, 0.05) is 12.6 Å². The molecule has 1 aromatic rings. The maximum atomic E-state index is 12.8. The molecule has 0 heterocycles. The van der Waals surface area contributed by atoms with Crippen LogP contribution in [0.3, 0.4) is 0 Å². The van der Waals surface area contributed by atoms with Crippen LogP contribution in [0.5, 0.6) is 5.75 Å². The first-order chi connectivity index (χ1) is 5.74. The molecule has 0 aromatic heterocycles. The first-order valence-corrected chi connectivity index (χ1v) is 3.90. The minimum absolute atomic E-state index is 0.0927. The summed E-state index contributed by atoms with van der Waals surface area (Å²) in [6.45, 7) is 0.783. The van der Waals surface area contributed by atoms with Gasteiger partial charge in [0.05, 0.1) is 5.02 Å². The fraction of sp³-hybridized carbons (Fsp3) is 0.250. The second-order valence-electron chi connectivity index (χ2n) is 2.21. The monoisotopic (exact) mass is 189 g/mol. The molecule has 2 nitrogen and oxygen atoms in total. The summed E-state index contributed by atoms with van der Waals surface area (Å²) >= 11 is 5.46. The van der Waals surface area contributed by atoms with Crippen molar-refractivity contribution >= 4 is 11.6 Å². The van der Waals surface area contributed by atoms with E-state index in [2.05, 4.69) is 0 Å². The van der Waals surface area contributed by atoms with Gasteiger partial charge in [-0.15, -0.1) is 0 Å². The van der Waals surface area contributed by atoms with Crippen molar-refractivity contribution in [1.82, 2.24) is 0 Å². The molecule has 0 amide bonds. The minimum atomic E-state index is -0.480. The lowest BCUT2D eigenvalue weighted by molar-refractivity contribution is 0.326. The van der Waals surface area contributed by atoms with Crippen LogP contribution in [0.15, 0.2) is 18.2 Å². The molecule has 0 spiro atoms. The zero-order valence-corrected chi connectivity index (χ0v) is 7.14. The summed E-state index contributed by atoms with van der Waals surface area (Å²) in [6.07, 6.45) is 0. The van der Waals surface area contributed by atoms with Crippen LogP contribution < -0.4 is 10.5 Å². The van der Waals surface area contributed by atoms with Gasteiger partial charge in [-0.25, -0.2) is 4.39 Å². The highest BCUT2D eigenvalue weighted by atomic mass is 35.5. The van der Waals surface area contributed by atoms with Crippen LogP contribution >= 0.6 is 11.6 Å². The first-order valence-electron chi connectivity index (χ1n) is 3.52. The van der Waals surface area contributed by atoms with Crippen molar-refractivity contribution in [2.45, 2.75) is 0 Å². The second-order valence-corrected chi connectivity index (χ2v) is 2.62. The molecule has 4 heteroatoms. The number of ether oxygens (including phenoxy) is 1. The molecule has 12 heavy (non-hydrogen) atoms. The highest BCUT2D eigenvalue weighted by molar-refractivity contribution is 6.30. The second kappa shape index (κ2) is 4.28. The van der Waals surface area contributed by atoms with Crippen molar-refractivity contribution in [3.05, 3.63) is 29.0 Å². The topological polar surface area (TPSA) is 35.2 Å². The van der Waals surface area contributed by atoms with E-state index in [1.54, 1.807) is 6.07 Å². The molecule has 0 bridgehead atoms. The Kier molecular flexibility index (Phi) is 3.31. The van der Waals surface area contributed by atoms with Gasteiger partial charge >= 0.3 is 0 Å². The van der Waals surface area contributed by atoms with E-state index in [9.17, 15) is 4.39 Å². The third kappa shape index (κ3) is 2.36. The largest absolute Gasteiger partial charge is 0.492 e. The zero-order chi connectivity index (χ0) is 8.97. The third-order valence-corrected chi connectivity index (χ3v) is 1.58. The molecule has 0 saturated heterocycles. The number of hydrogen-bond donors (Lipinski definition) is 1. The zero-order valence-electron chi connectivity index (χ0n) is 6.39. The van der Waals surface area contributed by atoms with Gasteiger partial charge in [-0.1, -0.05) is 11.6 Å². The molecule has 0 aliphatic heterocycles. The lowest BCUT2D eigenvalue weighted by Gasteiger charge is -2.03. The predicted molar refractivity (Wildman–Crippen MR) is 46.0 cm³/mol. The lowest BCUT2D eigenvalue weighted by Crippen LogP contribution is -2.10. The predicted octanol–water partition coefficient (Wildman–Crippen LogP) is 1.82. The third-order valence-electron chi connectivity index (χ3n) is 1.28. The van der Waals surface area contributed by atoms with Crippen molar-refractivity contribution in [3.63, 3.8) is 0 Å². The minimum Gasteiger partial charge on any atom is -0.492 e. The van der Waals surface area contributed by atoms with E-state index < -0.39 is 5.82 Å². The van der Waals surface area contributed by atoms with Gasteiger partial charge < -0.3 is 10.5 Å². The first kappa shape index (κ1) is 9.29. The van der Waals surface area contributed by atoms with Crippen molar-refractivity contribution < 1.29 is 9.13 Å². The molecule has 0 aliphatic carbocycles. The van der Waals surface area contributed by atoms with Gasteiger partial charge in [0.25, 0.3) is 0 Å². The van der Waals surface area contributed by atoms with Crippen LogP contribution in [0.25, 0.3) is 0 Å². The highest BCUT2D eigenvalue weighted by Crippen LogP contribution is 2.19. The van der Waals surface area contributed by atoms with E-state index in [-0.39, 0.29) is 5.02 Å². The summed E-state index contributed by atoms with van der Waals surface area (Å²) in [4.78, 5) is 0. The average molecular weight is 190 g/mol. The molecule has 0 radical (unpaired) electrons. The van der Waals surface area contributed by atoms with Gasteiger partial charge in [0.2, 0.25) is 0 Å². The van der Waals surface area contributed by atoms with Gasteiger partial charge in [-0.05, 0) is 12.1 Å². The molecule has 2 N–H and O–H groups in total. The van der Waals surface area contributed by atoms with Crippen molar-refractivity contribution in [2.24, 2.45) is 5.73 Å². The number of benzene rings is 1. The Bertz CT molecular complexity index is 267. The summed E-state index contributed by atoms with van der Waals surface area (Å²) in [5.74, 6) is -0.0338. The fourth-order valence-corrected chi connectivity index (χ4v) is 0.861. The molecule has 1 rings (SSSR count). The Balaban J connectivity index is 2.69. The Morgan fingerprint density at radius 3 is 2.83 bits per heavy atom. The van der Waals surface area contributed by atoms with Crippen molar-refractivity contribution in [3.8, 4) is 5.75 Å². The summed E-state index contributed by atoms with van der Waals surface area (Å²) in [7, 11) is 0. The van der Waals surface area contributed by atoms with Crippen LogP contribution in [0.2, 0.25) is 5.02 Å². The maximum Gasteiger partial charge on any atom is 0.145 e. The molecule has 66 valence electrons. The van der Waals surface area contributed by atoms with E-state index in [4.69, 9.17) is 22.1 Å². The quantitative estimate of drug-likeness (QED) is 0.787.